The third-order valence-electron chi connectivity index (χ3n) is 4.82. The van der Waals surface area contributed by atoms with E-state index in [1.165, 1.54) is 5.69 Å². The molecule has 3 nitrogen and oxygen atoms in total. The van der Waals surface area contributed by atoms with Crippen LogP contribution in [0.25, 0.3) is 10.9 Å². The maximum Gasteiger partial charge on any atom is 0.0723 e. The van der Waals surface area contributed by atoms with Crippen LogP contribution in [-0.2, 0) is 10.8 Å². The summed E-state index contributed by atoms with van der Waals surface area (Å²) < 4.78 is 13.5. The zero-order valence-corrected chi connectivity index (χ0v) is 15.4. The highest BCUT2D eigenvalue weighted by Gasteiger charge is 2.39. The van der Waals surface area contributed by atoms with E-state index >= 15 is 0 Å². The van der Waals surface area contributed by atoms with Crippen molar-refractivity contribution in [3.63, 3.8) is 0 Å². The average molecular weight is 381 g/mol. The van der Waals surface area contributed by atoms with Gasteiger partial charge >= 0.3 is 0 Å². The van der Waals surface area contributed by atoms with Crippen LogP contribution in [0.3, 0.4) is 0 Å². The van der Waals surface area contributed by atoms with Gasteiger partial charge in [0.25, 0.3) is 0 Å². The van der Waals surface area contributed by atoms with Crippen molar-refractivity contribution in [3.8, 4) is 0 Å². The molecule has 1 aromatic heterocycles. The highest BCUT2D eigenvalue weighted by Crippen LogP contribution is 2.34. The third-order valence-corrected chi connectivity index (χ3v) is 7.54. The Morgan fingerprint density at radius 2 is 2.09 bits per heavy atom. The summed E-state index contributed by atoms with van der Waals surface area (Å²) in [5.41, 5.74) is 2.21. The van der Waals surface area contributed by atoms with Gasteiger partial charge in [0, 0.05) is 51.4 Å². The molecule has 118 valence electrons. The van der Waals surface area contributed by atoms with Crippen LogP contribution in [0.5, 0.6) is 0 Å². The number of hydrogen-bond donors (Lipinski definition) is 0. The molecule has 1 unspecified atom stereocenters. The van der Waals surface area contributed by atoms with E-state index < -0.39 is 10.8 Å². The second-order valence-corrected chi connectivity index (χ2v) is 8.73. The van der Waals surface area contributed by atoms with Gasteiger partial charge in [-0.25, -0.2) is 0 Å². The lowest BCUT2D eigenvalue weighted by Gasteiger charge is -2.42. The van der Waals surface area contributed by atoms with Gasteiger partial charge in [0.05, 0.1) is 10.3 Å². The van der Waals surface area contributed by atoms with E-state index in [9.17, 15) is 4.21 Å². The van der Waals surface area contributed by atoms with E-state index in [4.69, 9.17) is 0 Å². The molecule has 0 bridgehead atoms. The highest BCUT2D eigenvalue weighted by molar-refractivity contribution is 9.10. The number of hydrogen-bond acceptors (Lipinski definition) is 3. The van der Waals surface area contributed by atoms with Crippen LogP contribution in [0, 0.1) is 0 Å². The molecule has 0 spiro atoms. The van der Waals surface area contributed by atoms with E-state index in [0.717, 1.165) is 47.1 Å². The fourth-order valence-corrected chi connectivity index (χ4v) is 5.41. The van der Waals surface area contributed by atoms with Crippen LogP contribution in [0.1, 0.15) is 26.7 Å². The van der Waals surface area contributed by atoms with Gasteiger partial charge in [-0.2, -0.15) is 0 Å². The SMILES string of the molecule is CCC1(CC)CN(c2ccnc3ccc(Br)cc23)CCS1=O. The minimum absolute atomic E-state index is 0.0835. The zero-order chi connectivity index (χ0) is 15.7. The first kappa shape index (κ1) is 15.9. The van der Waals surface area contributed by atoms with Crippen molar-refractivity contribution in [2.45, 2.75) is 31.4 Å². The standard InChI is InChI=1S/C17H21BrN2OS/c1-3-17(4-2)12-20(9-10-22(17)21)16-7-8-19-15-6-5-13(18)11-14(15)16/h5-8,11H,3-4,9-10,12H2,1-2H3. The molecule has 1 atom stereocenters. The summed E-state index contributed by atoms with van der Waals surface area (Å²) in [4.78, 5) is 6.86. The summed E-state index contributed by atoms with van der Waals surface area (Å²) in [5.74, 6) is 0.750. The molecular formula is C17H21BrN2OS. The van der Waals surface area contributed by atoms with Crippen LogP contribution in [-0.4, -0.2) is 32.8 Å². The first-order chi connectivity index (χ1) is 10.6. The normalized spacial score (nSPS) is 21.2. The summed E-state index contributed by atoms with van der Waals surface area (Å²) in [7, 11) is -0.736. The van der Waals surface area contributed by atoms with Gasteiger partial charge < -0.3 is 4.90 Å². The van der Waals surface area contributed by atoms with E-state index in [1.54, 1.807) is 0 Å². The number of anilines is 1. The third kappa shape index (κ3) is 2.69. The van der Waals surface area contributed by atoms with Gasteiger partial charge in [-0.3, -0.25) is 9.19 Å². The maximum atomic E-state index is 12.5. The van der Waals surface area contributed by atoms with Crippen LogP contribution in [0.15, 0.2) is 34.9 Å². The van der Waals surface area contributed by atoms with Crippen LogP contribution in [0.4, 0.5) is 5.69 Å². The Labute approximate surface area is 142 Å². The molecule has 1 saturated heterocycles. The number of fused-ring (bicyclic) bond motifs is 1. The minimum Gasteiger partial charge on any atom is -0.369 e. The number of pyridine rings is 1. The molecule has 1 fully saturated rings. The van der Waals surface area contributed by atoms with Crippen molar-refractivity contribution in [2.24, 2.45) is 0 Å². The van der Waals surface area contributed by atoms with Gasteiger partial charge in [-0.15, -0.1) is 0 Å². The van der Waals surface area contributed by atoms with Crippen molar-refractivity contribution in [3.05, 3.63) is 34.9 Å². The quantitative estimate of drug-likeness (QED) is 0.802. The van der Waals surface area contributed by atoms with E-state index in [0.29, 0.717) is 0 Å². The van der Waals surface area contributed by atoms with Crippen LogP contribution >= 0.6 is 15.9 Å². The summed E-state index contributed by atoms with van der Waals surface area (Å²) in [6.45, 7) is 6.02. The van der Waals surface area contributed by atoms with E-state index in [-0.39, 0.29) is 4.75 Å². The Hall–Kier alpha value is -0.940. The molecule has 3 rings (SSSR count). The molecule has 2 heterocycles. The van der Waals surface area contributed by atoms with Crippen molar-refractivity contribution in [1.29, 1.82) is 0 Å². The largest absolute Gasteiger partial charge is 0.369 e. The second kappa shape index (κ2) is 6.28. The van der Waals surface area contributed by atoms with Gasteiger partial charge in [0.2, 0.25) is 0 Å². The molecule has 0 radical (unpaired) electrons. The zero-order valence-electron chi connectivity index (χ0n) is 13.0. The number of benzene rings is 1. The maximum absolute atomic E-state index is 12.5. The molecule has 1 aromatic carbocycles. The Kier molecular flexibility index (Phi) is 4.55. The van der Waals surface area contributed by atoms with Crippen molar-refractivity contribution in [2.75, 3.05) is 23.7 Å². The predicted octanol–water partition coefficient (Wildman–Crippen LogP) is 4.12. The summed E-state index contributed by atoms with van der Waals surface area (Å²) >= 11 is 3.55. The summed E-state index contributed by atoms with van der Waals surface area (Å²) in [5, 5.41) is 1.16. The Balaban J connectivity index is 2.04. The van der Waals surface area contributed by atoms with Crippen molar-refractivity contribution >= 4 is 43.3 Å². The molecule has 0 N–H and O–H groups in total. The summed E-state index contributed by atoms with van der Waals surface area (Å²) in [6.07, 6.45) is 3.79. The fourth-order valence-electron chi connectivity index (χ4n) is 3.29. The van der Waals surface area contributed by atoms with Crippen molar-refractivity contribution in [1.82, 2.24) is 4.98 Å². The molecule has 5 heteroatoms. The Bertz CT molecular complexity index is 715. The van der Waals surface area contributed by atoms with Gasteiger partial charge in [0.1, 0.15) is 0 Å². The summed E-state index contributed by atoms with van der Waals surface area (Å²) in [6, 6.07) is 8.27. The Morgan fingerprint density at radius 3 is 2.82 bits per heavy atom. The van der Waals surface area contributed by atoms with Crippen LogP contribution in [0.2, 0.25) is 0 Å². The molecule has 0 aliphatic carbocycles. The molecule has 1 aliphatic heterocycles. The van der Waals surface area contributed by atoms with E-state index in [2.05, 4.69) is 51.8 Å². The molecular weight excluding hydrogens is 360 g/mol. The smallest absolute Gasteiger partial charge is 0.0723 e. The lowest BCUT2D eigenvalue weighted by Crippen LogP contribution is -2.53. The van der Waals surface area contributed by atoms with Crippen LogP contribution < -0.4 is 4.90 Å². The highest BCUT2D eigenvalue weighted by atomic mass is 79.9. The first-order valence-corrected chi connectivity index (χ1v) is 9.88. The van der Waals surface area contributed by atoms with Gasteiger partial charge in [-0.05, 0) is 37.1 Å². The minimum atomic E-state index is -0.736. The fraction of sp³-hybridized carbons (Fsp3) is 0.471. The molecule has 1 aliphatic rings. The topological polar surface area (TPSA) is 33.2 Å². The molecule has 0 saturated carbocycles. The van der Waals surface area contributed by atoms with Crippen molar-refractivity contribution < 1.29 is 4.21 Å². The molecule has 22 heavy (non-hydrogen) atoms. The number of halogens is 1. The lowest BCUT2D eigenvalue weighted by atomic mass is 10.0. The predicted molar refractivity (Wildman–Crippen MR) is 98.0 cm³/mol. The Morgan fingerprint density at radius 1 is 1.32 bits per heavy atom. The number of aromatic nitrogens is 1. The lowest BCUT2D eigenvalue weighted by molar-refractivity contribution is 0.496. The number of rotatable bonds is 3. The molecule has 2 aromatic rings. The average Bonchev–Trinajstić information content (AvgIpc) is 2.55. The monoisotopic (exact) mass is 380 g/mol. The molecule has 0 amide bonds. The van der Waals surface area contributed by atoms with Gasteiger partial charge in [0.15, 0.2) is 0 Å². The number of nitrogens with zero attached hydrogens (tertiary/aromatic N) is 2. The van der Waals surface area contributed by atoms with E-state index in [1.807, 2.05) is 18.3 Å². The van der Waals surface area contributed by atoms with Gasteiger partial charge in [-0.1, -0.05) is 29.8 Å². The second-order valence-electron chi connectivity index (χ2n) is 5.85. The first-order valence-electron chi connectivity index (χ1n) is 7.77.